The lowest BCUT2D eigenvalue weighted by Crippen LogP contribution is -2.48. The lowest BCUT2D eigenvalue weighted by Gasteiger charge is -2.49. The Morgan fingerprint density at radius 3 is 1.37 bits per heavy atom. The number of nitrogens with one attached hydrogen (secondary N) is 2. The second-order valence-electron chi connectivity index (χ2n) is 11.5. The zero-order valence-corrected chi connectivity index (χ0v) is 19.8. The molecule has 0 spiro atoms. The Morgan fingerprint density at radius 1 is 0.704 bits per heavy atom. The molecule has 160 valence electrons. The van der Waals surface area contributed by atoms with Gasteiger partial charge in [0.05, 0.1) is 0 Å². The molecular weight excluding hydrogens is 328 g/mol. The maximum Gasteiger partial charge on any atom is 0.00748 e. The van der Waals surface area contributed by atoms with Gasteiger partial charge in [-0.3, -0.25) is 0 Å². The van der Waals surface area contributed by atoms with E-state index in [1.54, 1.807) is 0 Å². The van der Waals surface area contributed by atoms with Gasteiger partial charge in [-0.1, -0.05) is 41.5 Å². The highest BCUT2D eigenvalue weighted by atomic mass is 15.0. The third kappa shape index (κ3) is 6.46. The summed E-state index contributed by atoms with van der Waals surface area (Å²) in [6.07, 6.45) is 12.2. The van der Waals surface area contributed by atoms with E-state index in [-0.39, 0.29) is 0 Å². The Hall–Kier alpha value is -0.0800. The molecule has 0 amide bonds. The van der Waals surface area contributed by atoms with Gasteiger partial charge in [0, 0.05) is 24.2 Å². The third-order valence-electron chi connectivity index (χ3n) is 8.32. The molecule has 0 radical (unpaired) electrons. The van der Waals surface area contributed by atoms with Crippen LogP contribution in [-0.4, -0.2) is 24.2 Å². The minimum atomic E-state index is 0.477. The molecule has 2 nitrogen and oxygen atoms in total. The average molecular weight is 379 g/mol. The smallest absolute Gasteiger partial charge is 0.00748 e. The highest BCUT2D eigenvalue weighted by Crippen LogP contribution is 2.50. The molecule has 27 heavy (non-hydrogen) atoms. The van der Waals surface area contributed by atoms with E-state index in [4.69, 9.17) is 0 Å². The van der Waals surface area contributed by atoms with Crippen molar-refractivity contribution in [2.45, 2.75) is 137 Å². The third-order valence-corrected chi connectivity index (χ3v) is 8.32. The first-order chi connectivity index (χ1) is 12.6. The average Bonchev–Trinajstić information content (AvgIpc) is 2.57. The molecule has 0 aromatic rings. The zero-order chi connectivity index (χ0) is 20.2. The minimum Gasteiger partial charge on any atom is -0.311 e. The van der Waals surface area contributed by atoms with Crippen molar-refractivity contribution in [3.05, 3.63) is 0 Å². The fraction of sp³-hybridized carbons (Fsp3) is 1.00. The Morgan fingerprint density at radius 2 is 1.07 bits per heavy atom. The first-order valence-corrected chi connectivity index (χ1v) is 12.1. The largest absolute Gasteiger partial charge is 0.311 e. The maximum atomic E-state index is 3.89. The molecule has 6 atom stereocenters. The molecule has 2 aliphatic carbocycles. The van der Waals surface area contributed by atoms with Gasteiger partial charge in [-0.25, -0.2) is 0 Å². The lowest BCUT2D eigenvalue weighted by molar-refractivity contribution is 0.0309. The summed E-state index contributed by atoms with van der Waals surface area (Å²) < 4.78 is 0. The van der Waals surface area contributed by atoms with Crippen LogP contribution in [0, 0.1) is 22.7 Å². The van der Waals surface area contributed by atoms with Crippen molar-refractivity contribution in [3.8, 4) is 0 Å². The highest BCUT2D eigenvalue weighted by Gasteiger charge is 2.43. The quantitative estimate of drug-likeness (QED) is 0.501. The summed E-state index contributed by atoms with van der Waals surface area (Å²) in [5, 5.41) is 7.77. The standard InChI is InChI=1S/C25H50N2/c1-9-18(3)26-22-13-11-20(24(5,6)16-22)15-21-12-14-23(17-25(21,7)8)27-19(4)10-2/h18-23,26-27H,9-17H2,1-8H3. The molecular formula is C25H50N2. The van der Waals surface area contributed by atoms with E-state index in [1.807, 2.05) is 0 Å². The summed E-state index contributed by atoms with van der Waals surface area (Å²) in [5.74, 6) is 1.80. The second-order valence-corrected chi connectivity index (χ2v) is 11.5. The van der Waals surface area contributed by atoms with Crippen molar-refractivity contribution in [2.24, 2.45) is 22.7 Å². The van der Waals surface area contributed by atoms with Gasteiger partial charge in [0.1, 0.15) is 0 Å². The van der Waals surface area contributed by atoms with E-state index in [1.165, 1.54) is 57.8 Å². The number of hydrogen-bond acceptors (Lipinski definition) is 2. The number of hydrogen-bond donors (Lipinski definition) is 2. The lowest BCUT2D eigenvalue weighted by atomic mass is 9.58. The minimum absolute atomic E-state index is 0.477. The Balaban J connectivity index is 1.91. The van der Waals surface area contributed by atoms with Crippen LogP contribution in [0.25, 0.3) is 0 Å². The van der Waals surface area contributed by atoms with Crippen LogP contribution >= 0.6 is 0 Å². The van der Waals surface area contributed by atoms with E-state index in [9.17, 15) is 0 Å². The molecule has 2 heteroatoms. The summed E-state index contributed by atoms with van der Waals surface area (Å²) in [6, 6.07) is 2.79. The van der Waals surface area contributed by atoms with E-state index in [0.717, 1.165) is 23.9 Å². The van der Waals surface area contributed by atoms with Crippen LogP contribution in [0.4, 0.5) is 0 Å². The summed E-state index contributed by atoms with van der Waals surface area (Å²) >= 11 is 0. The summed E-state index contributed by atoms with van der Waals surface area (Å²) in [4.78, 5) is 0. The predicted octanol–water partition coefficient (Wildman–Crippen LogP) is 6.54. The Bertz CT molecular complexity index is 402. The van der Waals surface area contributed by atoms with Gasteiger partial charge in [-0.15, -0.1) is 0 Å². The van der Waals surface area contributed by atoms with Crippen LogP contribution < -0.4 is 10.6 Å². The van der Waals surface area contributed by atoms with Crippen molar-refractivity contribution in [3.63, 3.8) is 0 Å². The molecule has 0 aliphatic heterocycles. The van der Waals surface area contributed by atoms with Crippen LogP contribution in [0.2, 0.25) is 0 Å². The molecule has 6 unspecified atom stereocenters. The van der Waals surface area contributed by atoms with Gasteiger partial charge in [-0.2, -0.15) is 0 Å². The van der Waals surface area contributed by atoms with Crippen LogP contribution in [-0.2, 0) is 0 Å². The predicted molar refractivity (Wildman–Crippen MR) is 120 cm³/mol. The van der Waals surface area contributed by atoms with Gasteiger partial charge >= 0.3 is 0 Å². The van der Waals surface area contributed by atoms with Crippen molar-refractivity contribution >= 4 is 0 Å². The van der Waals surface area contributed by atoms with Crippen molar-refractivity contribution in [2.75, 3.05) is 0 Å². The highest BCUT2D eigenvalue weighted by molar-refractivity contribution is 4.96. The molecule has 2 N–H and O–H groups in total. The summed E-state index contributed by atoms with van der Waals surface area (Å²) in [7, 11) is 0. The first kappa shape index (κ1) is 23.2. The van der Waals surface area contributed by atoms with Gasteiger partial charge in [0.15, 0.2) is 0 Å². The zero-order valence-electron chi connectivity index (χ0n) is 19.8. The molecule has 0 saturated heterocycles. The van der Waals surface area contributed by atoms with E-state index in [0.29, 0.717) is 22.9 Å². The SMILES string of the molecule is CCC(C)NC1CCC(CC2CCC(NC(C)CC)CC2(C)C)C(C)(C)C1. The molecule has 2 rings (SSSR count). The molecule has 0 aromatic carbocycles. The van der Waals surface area contributed by atoms with E-state index < -0.39 is 0 Å². The normalized spacial score (nSPS) is 35.6. The summed E-state index contributed by atoms with van der Waals surface area (Å²) in [6.45, 7) is 19.5. The maximum absolute atomic E-state index is 3.89. The van der Waals surface area contributed by atoms with Gasteiger partial charge in [-0.05, 0) is 94.3 Å². The van der Waals surface area contributed by atoms with Crippen molar-refractivity contribution in [1.29, 1.82) is 0 Å². The Kier molecular flexibility index (Phi) is 8.26. The first-order valence-electron chi connectivity index (χ1n) is 12.1. The van der Waals surface area contributed by atoms with Crippen LogP contribution in [0.5, 0.6) is 0 Å². The van der Waals surface area contributed by atoms with Crippen molar-refractivity contribution in [1.82, 2.24) is 10.6 Å². The fourth-order valence-corrected chi connectivity index (χ4v) is 5.94. The van der Waals surface area contributed by atoms with Crippen LogP contribution in [0.1, 0.15) is 113 Å². The molecule has 0 bridgehead atoms. The topological polar surface area (TPSA) is 24.1 Å². The van der Waals surface area contributed by atoms with Gasteiger partial charge in [0.2, 0.25) is 0 Å². The monoisotopic (exact) mass is 378 g/mol. The van der Waals surface area contributed by atoms with Crippen LogP contribution in [0.3, 0.4) is 0 Å². The van der Waals surface area contributed by atoms with E-state index >= 15 is 0 Å². The second kappa shape index (κ2) is 9.61. The number of rotatable bonds is 8. The summed E-state index contributed by atoms with van der Waals surface area (Å²) in [5.41, 5.74) is 0.955. The van der Waals surface area contributed by atoms with Gasteiger partial charge in [0.25, 0.3) is 0 Å². The molecule has 2 saturated carbocycles. The molecule has 0 aromatic heterocycles. The van der Waals surface area contributed by atoms with Crippen LogP contribution in [0.15, 0.2) is 0 Å². The Labute approximate surface area is 171 Å². The van der Waals surface area contributed by atoms with E-state index in [2.05, 4.69) is 66.0 Å². The van der Waals surface area contributed by atoms with Crippen molar-refractivity contribution < 1.29 is 0 Å². The fourth-order valence-electron chi connectivity index (χ4n) is 5.94. The molecule has 2 fully saturated rings. The molecule has 2 aliphatic rings. The van der Waals surface area contributed by atoms with Gasteiger partial charge < -0.3 is 10.6 Å². The molecule has 0 heterocycles.